The number of hydrogen-bond acceptors (Lipinski definition) is 4. The molecule has 0 fully saturated rings. The highest BCUT2D eigenvalue weighted by molar-refractivity contribution is 6.04. The molecule has 3 aromatic rings. The first kappa shape index (κ1) is 18.3. The van der Waals surface area contributed by atoms with E-state index in [4.69, 9.17) is 4.74 Å². The van der Waals surface area contributed by atoms with Gasteiger partial charge in [0.1, 0.15) is 11.4 Å². The third-order valence-corrected chi connectivity index (χ3v) is 3.64. The molecule has 138 valence electrons. The van der Waals surface area contributed by atoms with E-state index < -0.39 is 17.5 Å². The van der Waals surface area contributed by atoms with Crippen LogP contribution in [0.5, 0.6) is 5.75 Å². The van der Waals surface area contributed by atoms with Crippen LogP contribution in [0, 0.1) is 11.6 Å². The lowest BCUT2D eigenvalue weighted by Gasteiger charge is -2.12. The van der Waals surface area contributed by atoms with Crippen molar-refractivity contribution in [1.82, 2.24) is 4.98 Å². The standard InChI is InChI=1S/C20H17F2N3O2/c1-2-27-19-6-4-3-5-17(19)25-20(26)18-12-14(9-10-23-18)24-13-7-8-15(21)16(22)11-13/h3-12H,2H2,1H3,(H,23,24)(H,25,26). The van der Waals surface area contributed by atoms with Crippen molar-refractivity contribution in [2.75, 3.05) is 17.2 Å². The molecular formula is C20H17F2N3O2. The molecule has 0 spiro atoms. The second-order valence-electron chi connectivity index (χ2n) is 5.57. The number of ether oxygens (including phenoxy) is 1. The summed E-state index contributed by atoms with van der Waals surface area (Å²) in [6.45, 7) is 2.33. The molecule has 1 heterocycles. The average Bonchev–Trinajstić information content (AvgIpc) is 2.67. The van der Waals surface area contributed by atoms with Crippen LogP contribution in [0.4, 0.5) is 25.8 Å². The van der Waals surface area contributed by atoms with Gasteiger partial charge in [0.15, 0.2) is 11.6 Å². The van der Waals surface area contributed by atoms with Crippen LogP contribution < -0.4 is 15.4 Å². The number of nitrogens with one attached hydrogen (secondary N) is 2. The highest BCUT2D eigenvalue weighted by atomic mass is 19.2. The van der Waals surface area contributed by atoms with Crippen LogP contribution in [-0.2, 0) is 0 Å². The number of rotatable bonds is 6. The maximum atomic E-state index is 13.3. The molecule has 0 aliphatic rings. The highest BCUT2D eigenvalue weighted by Crippen LogP contribution is 2.25. The zero-order valence-corrected chi connectivity index (χ0v) is 14.5. The lowest BCUT2D eigenvalue weighted by Crippen LogP contribution is -2.14. The summed E-state index contributed by atoms with van der Waals surface area (Å²) in [7, 11) is 0. The molecular weight excluding hydrogens is 352 g/mol. The number of anilines is 3. The van der Waals surface area contributed by atoms with E-state index in [9.17, 15) is 13.6 Å². The number of para-hydroxylation sites is 2. The van der Waals surface area contributed by atoms with Gasteiger partial charge in [-0.15, -0.1) is 0 Å². The van der Waals surface area contributed by atoms with Crippen LogP contribution >= 0.6 is 0 Å². The predicted octanol–water partition coefficient (Wildman–Crippen LogP) is 4.75. The monoisotopic (exact) mass is 369 g/mol. The lowest BCUT2D eigenvalue weighted by atomic mass is 10.2. The number of amides is 1. The summed E-state index contributed by atoms with van der Waals surface area (Å²) in [5.41, 5.74) is 1.56. The number of benzene rings is 2. The van der Waals surface area contributed by atoms with Gasteiger partial charge >= 0.3 is 0 Å². The molecule has 5 nitrogen and oxygen atoms in total. The zero-order chi connectivity index (χ0) is 19.2. The maximum Gasteiger partial charge on any atom is 0.274 e. The summed E-state index contributed by atoms with van der Waals surface area (Å²) in [6, 6.07) is 13.7. The third kappa shape index (κ3) is 4.58. The van der Waals surface area contributed by atoms with Crippen molar-refractivity contribution in [3.63, 3.8) is 0 Å². The lowest BCUT2D eigenvalue weighted by molar-refractivity contribution is 0.102. The zero-order valence-electron chi connectivity index (χ0n) is 14.5. The number of carbonyl (C=O) groups excluding carboxylic acids is 1. The second-order valence-corrected chi connectivity index (χ2v) is 5.57. The third-order valence-electron chi connectivity index (χ3n) is 3.64. The fourth-order valence-corrected chi connectivity index (χ4v) is 2.41. The quantitative estimate of drug-likeness (QED) is 0.658. The molecule has 0 aliphatic carbocycles. The predicted molar refractivity (Wildman–Crippen MR) is 99.4 cm³/mol. The first-order chi connectivity index (χ1) is 13.1. The molecule has 0 saturated heterocycles. The van der Waals surface area contributed by atoms with Gasteiger partial charge in [-0.05, 0) is 43.3 Å². The van der Waals surface area contributed by atoms with Gasteiger partial charge in [0.25, 0.3) is 5.91 Å². The van der Waals surface area contributed by atoms with Crippen LogP contribution in [0.3, 0.4) is 0 Å². The van der Waals surface area contributed by atoms with Crippen molar-refractivity contribution in [3.05, 3.63) is 78.1 Å². The van der Waals surface area contributed by atoms with Gasteiger partial charge in [-0.25, -0.2) is 8.78 Å². The van der Waals surface area contributed by atoms with Crippen molar-refractivity contribution < 1.29 is 18.3 Å². The van der Waals surface area contributed by atoms with Gasteiger partial charge in [-0.1, -0.05) is 12.1 Å². The summed E-state index contributed by atoms with van der Waals surface area (Å²) in [6.07, 6.45) is 1.45. The molecule has 1 amide bonds. The van der Waals surface area contributed by atoms with E-state index in [1.165, 1.54) is 18.3 Å². The Kier molecular flexibility index (Phi) is 5.61. The van der Waals surface area contributed by atoms with Crippen molar-refractivity contribution in [2.45, 2.75) is 6.92 Å². The van der Waals surface area contributed by atoms with Crippen LogP contribution in [0.15, 0.2) is 60.8 Å². The van der Waals surface area contributed by atoms with Gasteiger partial charge in [0, 0.05) is 23.6 Å². The van der Waals surface area contributed by atoms with E-state index in [0.717, 1.165) is 12.1 Å². The second kappa shape index (κ2) is 8.27. The smallest absolute Gasteiger partial charge is 0.274 e. The molecule has 2 aromatic carbocycles. The minimum atomic E-state index is -0.959. The van der Waals surface area contributed by atoms with Gasteiger partial charge < -0.3 is 15.4 Å². The van der Waals surface area contributed by atoms with E-state index in [1.807, 2.05) is 13.0 Å². The van der Waals surface area contributed by atoms with E-state index in [-0.39, 0.29) is 5.69 Å². The summed E-state index contributed by atoms with van der Waals surface area (Å²) in [4.78, 5) is 16.6. The maximum absolute atomic E-state index is 13.3. The van der Waals surface area contributed by atoms with E-state index >= 15 is 0 Å². The molecule has 0 bridgehead atoms. The molecule has 27 heavy (non-hydrogen) atoms. The first-order valence-electron chi connectivity index (χ1n) is 8.28. The van der Waals surface area contributed by atoms with E-state index in [0.29, 0.717) is 29.4 Å². The Morgan fingerprint density at radius 2 is 1.81 bits per heavy atom. The number of carbonyl (C=O) groups is 1. The van der Waals surface area contributed by atoms with Gasteiger partial charge in [0.05, 0.1) is 12.3 Å². The van der Waals surface area contributed by atoms with Crippen molar-refractivity contribution >= 4 is 23.0 Å². The summed E-state index contributed by atoms with van der Waals surface area (Å²) >= 11 is 0. The number of nitrogens with zero attached hydrogens (tertiary/aromatic N) is 1. The topological polar surface area (TPSA) is 63.2 Å². The Hall–Kier alpha value is -3.48. The first-order valence-corrected chi connectivity index (χ1v) is 8.28. The fraction of sp³-hybridized carbons (Fsp3) is 0.100. The minimum Gasteiger partial charge on any atom is -0.492 e. The number of pyridine rings is 1. The molecule has 7 heteroatoms. The number of aromatic nitrogens is 1. The Bertz CT molecular complexity index is 963. The van der Waals surface area contributed by atoms with Crippen molar-refractivity contribution in [3.8, 4) is 5.75 Å². The molecule has 0 radical (unpaired) electrons. The Morgan fingerprint density at radius 3 is 2.59 bits per heavy atom. The van der Waals surface area contributed by atoms with E-state index in [2.05, 4.69) is 15.6 Å². The molecule has 0 atom stereocenters. The number of hydrogen-bond donors (Lipinski definition) is 2. The summed E-state index contributed by atoms with van der Waals surface area (Å²) in [5.74, 6) is -1.75. The van der Waals surface area contributed by atoms with Crippen LogP contribution in [-0.4, -0.2) is 17.5 Å². The molecule has 1 aromatic heterocycles. The highest BCUT2D eigenvalue weighted by Gasteiger charge is 2.12. The largest absolute Gasteiger partial charge is 0.492 e. The normalized spacial score (nSPS) is 10.3. The average molecular weight is 369 g/mol. The van der Waals surface area contributed by atoms with Crippen molar-refractivity contribution in [1.29, 1.82) is 0 Å². The van der Waals surface area contributed by atoms with Crippen LogP contribution in [0.25, 0.3) is 0 Å². The Morgan fingerprint density at radius 1 is 1.04 bits per heavy atom. The molecule has 0 saturated carbocycles. The summed E-state index contributed by atoms with van der Waals surface area (Å²) < 4.78 is 31.8. The molecule has 0 unspecified atom stereocenters. The molecule has 3 rings (SSSR count). The SMILES string of the molecule is CCOc1ccccc1NC(=O)c1cc(Nc2ccc(F)c(F)c2)ccn1. The van der Waals surface area contributed by atoms with E-state index in [1.54, 1.807) is 24.3 Å². The van der Waals surface area contributed by atoms with Crippen LogP contribution in [0.1, 0.15) is 17.4 Å². The minimum absolute atomic E-state index is 0.161. The van der Waals surface area contributed by atoms with Gasteiger partial charge in [-0.3, -0.25) is 9.78 Å². The number of halogens is 2. The molecule has 2 N–H and O–H groups in total. The Labute approximate surface area is 155 Å². The molecule has 0 aliphatic heterocycles. The summed E-state index contributed by atoms with van der Waals surface area (Å²) in [5, 5.41) is 5.67. The fourth-order valence-electron chi connectivity index (χ4n) is 2.41. The van der Waals surface area contributed by atoms with Gasteiger partial charge in [0.2, 0.25) is 0 Å². The van der Waals surface area contributed by atoms with Gasteiger partial charge in [-0.2, -0.15) is 0 Å². The van der Waals surface area contributed by atoms with Crippen molar-refractivity contribution in [2.24, 2.45) is 0 Å². The Balaban J connectivity index is 1.76. The van der Waals surface area contributed by atoms with Crippen LogP contribution in [0.2, 0.25) is 0 Å².